The summed E-state index contributed by atoms with van der Waals surface area (Å²) in [4.78, 5) is 16.4. The van der Waals surface area contributed by atoms with E-state index in [1.807, 2.05) is 24.4 Å². The van der Waals surface area contributed by atoms with Gasteiger partial charge < -0.3 is 10.6 Å². The lowest BCUT2D eigenvalue weighted by atomic mass is 9.99. The number of carbonyl (C=O) groups is 1. The van der Waals surface area contributed by atoms with Crippen LogP contribution in [0.3, 0.4) is 0 Å². The van der Waals surface area contributed by atoms with Crippen LogP contribution in [0.5, 0.6) is 0 Å². The molecule has 3 rings (SSSR count). The highest BCUT2D eigenvalue weighted by atomic mass is 35.5. The zero-order valence-corrected chi connectivity index (χ0v) is 14.3. The Balaban J connectivity index is 0.00000132. The monoisotopic (exact) mass is 357 g/mol. The van der Waals surface area contributed by atoms with E-state index in [0.29, 0.717) is 6.54 Å². The number of hydrogen-bond acceptors (Lipinski definition) is 4. The van der Waals surface area contributed by atoms with E-state index in [-0.39, 0.29) is 36.6 Å². The molecule has 1 fully saturated rings. The van der Waals surface area contributed by atoms with Crippen LogP contribution in [0.4, 0.5) is 5.69 Å². The first kappa shape index (κ1) is 19.4. The number of carbonyl (C=O) groups excluding carboxylic acids is 1. The van der Waals surface area contributed by atoms with E-state index >= 15 is 0 Å². The van der Waals surface area contributed by atoms with Crippen LogP contribution in [0, 0.1) is 5.92 Å². The Kier molecular flexibility index (Phi) is 8.02. The van der Waals surface area contributed by atoms with Gasteiger partial charge in [-0.25, -0.2) is 0 Å². The van der Waals surface area contributed by atoms with Gasteiger partial charge in [-0.05, 0) is 31.5 Å². The molecule has 0 aromatic carbocycles. The van der Waals surface area contributed by atoms with Crippen molar-refractivity contribution in [3.05, 3.63) is 42.5 Å². The number of amides is 1. The highest BCUT2D eigenvalue weighted by Crippen LogP contribution is 2.14. The molecule has 3 heterocycles. The fourth-order valence-corrected chi connectivity index (χ4v) is 2.49. The zero-order valence-electron chi connectivity index (χ0n) is 12.6. The van der Waals surface area contributed by atoms with Gasteiger partial charge in [0.2, 0.25) is 5.91 Å². The van der Waals surface area contributed by atoms with E-state index in [0.717, 1.165) is 37.3 Å². The Labute approximate surface area is 147 Å². The average Bonchev–Trinajstić information content (AvgIpc) is 2.96. The van der Waals surface area contributed by atoms with Crippen LogP contribution >= 0.6 is 24.8 Å². The summed E-state index contributed by atoms with van der Waals surface area (Å²) >= 11 is 0. The minimum absolute atomic E-state index is 0. The second-order valence-corrected chi connectivity index (χ2v) is 5.28. The SMILES string of the molecule is Cl.Cl.O=C(Nc1cnn(Cc2ccccn2)c1)C1CCCNC1. The summed E-state index contributed by atoms with van der Waals surface area (Å²) in [5.41, 5.74) is 1.68. The van der Waals surface area contributed by atoms with E-state index in [2.05, 4.69) is 20.7 Å². The van der Waals surface area contributed by atoms with Crippen LogP contribution in [0.15, 0.2) is 36.8 Å². The van der Waals surface area contributed by atoms with Crippen molar-refractivity contribution >= 4 is 36.4 Å². The molecule has 23 heavy (non-hydrogen) atoms. The maximum Gasteiger partial charge on any atom is 0.228 e. The number of nitrogens with zero attached hydrogens (tertiary/aromatic N) is 3. The van der Waals surface area contributed by atoms with Crippen LogP contribution in [0.25, 0.3) is 0 Å². The second-order valence-electron chi connectivity index (χ2n) is 5.28. The third-order valence-corrected chi connectivity index (χ3v) is 3.62. The molecule has 1 saturated heterocycles. The summed E-state index contributed by atoms with van der Waals surface area (Å²) in [6, 6.07) is 5.79. The second kappa shape index (κ2) is 9.50. The van der Waals surface area contributed by atoms with Gasteiger partial charge in [-0.2, -0.15) is 5.10 Å². The summed E-state index contributed by atoms with van der Waals surface area (Å²) in [6.07, 6.45) is 7.27. The predicted molar refractivity (Wildman–Crippen MR) is 94.3 cm³/mol. The number of hydrogen-bond donors (Lipinski definition) is 2. The number of rotatable bonds is 4. The maximum absolute atomic E-state index is 12.1. The number of anilines is 1. The molecule has 1 amide bonds. The lowest BCUT2D eigenvalue weighted by Gasteiger charge is -2.21. The largest absolute Gasteiger partial charge is 0.323 e. The molecule has 6 nitrogen and oxygen atoms in total. The van der Waals surface area contributed by atoms with Crippen LogP contribution in [-0.2, 0) is 11.3 Å². The van der Waals surface area contributed by atoms with Gasteiger partial charge in [-0.1, -0.05) is 6.07 Å². The molecule has 1 aliphatic rings. The number of piperidine rings is 1. The summed E-state index contributed by atoms with van der Waals surface area (Å²) in [5, 5.41) is 10.4. The summed E-state index contributed by atoms with van der Waals surface area (Å²) < 4.78 is 1.77. The fraction of sp³-hybridized carbons (Fsp3) is 0.400. The molecule has 2 aromatic rings. The smallest absolute Gasteiger partial charge is 0.228 e. The Morgan fingerprint density at radius 1 is 1.39 bits per heavy atom. The number of nitrogens with one attached hydrogen (secondary N) is 2. The quantitative estimate of drug-likeness (QED) is 0.878. The fourth-order valence-electron chi connectivity index (χ4n) is 2.49. The van der Waals surface area contributed by atoms with Crippen molar-refractivity contribution < 1.29 is 4.79 Å². The van der Waals surface area contributed by atoms with E-state index < -0.39 is 0 Å². The lowest BCUT2D eigenvalue weighted by molar-refractivity contribution is -0.120. The van der Waals surface area contributed by atoms with Crippen molar-refractivity contribution in [3.8, 4) is 0 Å². The summed E-state index contributed by atoms with van der Waals surface area (Å²) in [6.45, 7) is 2.36. The number of pyridine rings is 1. The maximum atomic E-state index is 12.1. The first-order valence-electron chi connectivity index (χ1n) is 7.25. The van der Waals surface area contributed by atoms with Gasteiger partial charge in [0, 0.05) is 18.9 Å². The van der Waals surface area contributed by atoms with E-state index in [1.165, 1.54) is 0 Å². The van der Waals surface area contributed by atoms with Crippen LogP contribution < -0.4 is 10.6 Å². The van der Waals surface area contributed by atoms with Gasteiger partial charge in [0.1, 0.15) is 0 Å². The van der Waals surface area contributed by atoms with Crippen molar-refractivity contribution in [2.24, 2.45) is 5.92 Å². The van der Waals surface area contributed by atoms with Crippen LogP contribution in [0.2, 0.25) is 0 Å². The van der Waals surface area contributed by atoms with Crippen LogP contribution in [-0.4, -0.2) is 33.8 Å². The third kappa shape index (κ3) is 5.49. The Morgan fingerprint density at radius 2 is 2.26 bits per heavy atom. The van der Waals surface area contributed by atoms with E-state index in [4.69, 9.17) is 0 Å². The lowest BCUT2D eigenvalue weighted by Crippen LogP contribution is -2.37. The van der Waals surface area contributed by atoms with Crippen molar-refractivity contribution in [2.45, 2.75) is 19.4 Å². The molecule has 1 aliphatic heterocycles. The topological polar surface area (TPSA) is 71.8 Å². The van der Waals surface area contributed by atoms with Crippen molar-refractivity contribution in [1.29, 1.82) is 0 Å². The van der Waals surface area contributed by atoms with Gasteiger partial charge in [0.15, 0.2) is 0 Å². The Morgan fingerprint density at radius 3 is 2.96 bits per heavy atom. The molecule has 1 unspecified atom stereocenters. The molecule has 0 radical (unpaired) electrons. The Bertz CT molecular complexity index is 599. The molecule has 0 bridgehead atoms. The Hall–Kier alpha value is -1.63. The third-order valence-electron chi connectivity index (χ3n) is 3.62. The number of halogens is 2. The molecule has 8 heteroatoms. The summed E-state index contributed by atoms with van der Waals surface area (Å²) in [7, 11) is 0. The molecule has 0 saturated carbocycles. The molecular formula is C15H21Cl2N5O. The minimum Gasteiger partial charge on any atom is -0.323 e. The molecule has 126 valence electrons. The van der Waals surface area contributed by atoms with Crippen LogP contribution in [0.1, 0.15) is 18.5 Å². The first-order valence-corrected chi connectivity index (χ1v) is 7.25. The van der Waals surface area contributed by atoms with Gasteiger partial charge in [-0.15, -0.1) is 24.8 Å². The average molecular weight is 358 g/mol. The van der Waals surface area contributed by atoms with Crippen molar-refractivity contribution in [3.63, 3.8) is 0 Å². The van der Waals surface area contributed by atoms with Crippen molar-refractivity contribution in [1.82, 2.24) is 20.1 Å². The normalized spacial score (nSPS) is 16.8. The molecule has 2 N–H and O–H groups in total. The molecule has 2 aromatic heterocycles. The van der Waals surface area contributed by atoms with Gasteiger partial charge in [0.25, 0.3) is 0 Å². The molecule has 0 aliphatic carbocycles. The van der Waals surface area contributed by atoms with Crippen molar-refractivity contribution in [2.75, 3.05) is 18.4 Å². The van der Waals surface area contributed by atoms with Gasteiger partial charge in [0.05, 0.1) is 30.0 Å². The molecule has 0 spiro atoms. The molecule has 1 atom stereocenters. The van der Waals surface area contributed by atoms with Gasteiger partial charge >= 0.3 is 0 Å². The van der Waals surface area contributed by atoms with Gasteiger partial charge in [-0.3, -0.25) is 14.5 Å². The summed E-state index contributed by atoms with van der Waals surface area (Å²) in [5.74, 6) is 0.123. The molecular weight excluding hydrogens is 337 g/mol. The predicted octanol–water partition coefficient (Wildman–Crippen LogP) is 2.11. The highest BCUT2D eigenvalue weighted by Gasteiger charge is 2.21. The number of aromatic nitrogens is 3. The first-order chi connectivity index (χ1) is 10.3. The zero-order chi connectivity index (χ0) is 14.5. The minimum atomic E-state index is 0. The highest BCUT2D eigenvalue weighted by molar-refractivity contribution is 5.92. The van der Waals surface area contributed by atoms with E-state index in [1.54, 1.807) is 17.1 Å². The standard InChI is InChI=1S/C15H19N5O.2ClH/c21-15(12-4-3-6-16-8-12)19-14-9-18-20(11-14)10-13-5-1-2-7-17-13;;/h1-2,5,7,9,11-12,16H,3-4,6,8,10H2,(H,19,21);2*1H. The van der Waals surface area contributed by atoms with E-state index in [9.17, 15) is 4.79 Å².